The normalized spacial score (nSPS) is 11.1. The predicted molar refractivity (Wildman–Crippen MR) is 121 cm³/mol. The Morgan fingerprint density at radius 2 is 1.70 bits per heavy atom. The zero-order valence-corrected chi connectivity index (χ0v) is 17.2. The maximum Gasteiger partial charge on any atom is 0.263 e. The van der Waals surface area contributed by atoms with Crippen LogP contribution in [0.1, 0.15) is 22.3 Å². The minimum Gasteiger partial charge on any atom is -0.322 e. The smallest absolute Gasteiger partial charge is 0.263 e. The fraction of sp³-hybridized carbons (Fsp3) is 0.0400. The van der Waals surface area contributed by atoms with E-state index >= 15 is 0 Å². The van der Waals surface area contributed by atoms with Crippen LogP contribution in [0.4, 0.5) is 14.5 Å². The average molecular weight is 441 g/mol. The minimum atomic E-state index is -2.64. The van der Waals surface area contributed by atoms with Crippen molar-refractivity contribution in [1.29, 1.82) is 0 Å². The van der Waals surface area contributed by atoms with Gasteiger partial charge in [-0.3, -0.25) is 9.78 Å². The number of anilines is 1. The topological polar surface area (TPSA) is 72.2 Å². The van der Waals surface area contributed by atoms with Gasteiger partial charge in [0.2, 0.25) is 0 Å². The second-order valence-corrected chi connectivity index (χ2v) is 7.33. The summed E-state index contributed by atoms with van der Waals surface area (Å²) in [6, 6.07) is 20.2. The molecule has 33 heavy (non-hydrogen) atoms. The summed E-state index contributed by atoms with van der Waals surface area (Å²) >= 11 is 0. The number of benzene rings is 2. The number of carbonyl (C=O) groups excluding carboxylic acids is 1. The highest BCUT2D eigenvalue weighted by Gasteiger charge is 2.13. The standard InChI is InChI=1S/C25H17F2N5O/c26-24(27)18-4-1-5-19(13-18)25(33)30-20-6-2-3-17(14-20)22-9-12-29-23-15-21(31-32(22)23)16-7-10-28-11-8-16/h1-15,24H,(H,30,33). The fourth-order valence-electron chi connectivity index (χ4n) is 3.55. The van der Waals surface area contributed by atoms with E-state index in [9.17, 15) is 13.6 Å². The lowest BCUT2D eigenvalue weighted by atomic mass is 10.1. The van der Waals surface area contributed by atoms with E-state index in [4.69, 9.17) is 5.10 Å². The Kier molecular flexibility index (Phi) is 5.32. The number of carbonyl (C=O) groups is 1. The lowest BCUT2D eigenvalue weighted by molar-refractivity contribution is 0.102. The first-order chi connectivity index (χ1) is 16.1. The molecule has 0 aliphatic heterocycles. The van der Waals surface area contributed by atoms with E-state index in [0.717, 1.165) is 22.5 Å². The zero-order valence-electron chi connectivity index (χ0n) is 17.2. The number of fused-ring (bicyclic) bond motifs is 1. The molecule has 0 aliphatic carbocycles. The molecule has 0 radical (unpaired) electrons. The summed E-state index contributed by atoms with van der Waals surface area (Å²) in [7, 11) is 0. The number of nitrogens with zero attached hydrogens (tertiary/aromatic N) is 4. The third-order valence-electron chi connectivity index (χ3n) is 5.15. The minimum absolute atomic E-state index is 0.165. The largest absolute Gasteiger partial charge is 0.322 e. The molecule has 5 aromatic rings. The summed E-state index contributed by atoms with van der Waals surface area (Å²) in [5, 5.41) is 7.47. The number of pyridine rings is 1. The highest BCUT2D eigenvalue weighted by molar-refractivity contribution is 6.04. The fourth-order valence-corrected chi connectivity index (χ4v) is 3.55. The summed E-state index contributed by atoms with van der Waals surface area (Å²) in [6.07, 6.45) is 2.47. The number of aromatic nitrogens is 4. The van der Waals surface area contributed by atoms with Gasteiger partial charge in [-0.05, 0) is 42.5 Å². The molecule has 6 nitrogen and oxygen atoms in total. The molecule has 0 aliphatic rings. The quantitative estimate of drug-likeness (QED) is 0.383. The van der Waals surface area contributed by atoms with Crippen molar-refractivity contribution in [3.63, 3.8) is 0 Å². The molecule has 2 aromatic carbocycles. The summed E-state index contributed by atoms with van der Waals surface area (Å²) in [5.41, 5.74) is 4.47. The third kappa shape index (κ3) is 4.18. The van der Waals surface area contributed by atoms with Crippen molar-refractivity contribution in [1.82, 2.24) is 19.6 Å². The monoisotopic (exact) mass is 441 g/mol. The van der Waals surface area contributed by atoms with Gasteiger partial charge < -0.3 is 5.32 Å². The van der Waals surface area contributed by atoms with Gasteiger partial charge in [0.1, 0.15) is 0 Å². The van der Waals surface area contributed by atoms with E-state index in [-0.39, 0.29) is 11.1 Å². The van der Waals surface area contributed by atoms with E-state index in [1.165, 1.54) is 24.3 Å². The first-order valence-corrected chi connectivity index (χ1v) is 10.1. The van der Waals surface area contributed by atoms with Crippen LogP contribution in [0.2, 0.25) is 0 Å². The molecule has 0 bridgehead atoms. The zero-order chi connectivity index (χ0) is 22.8. The van der Waals surface area contributed by atoms with Crippen LogP contribution < -0.4 is 5.32 Å². The van der Waals surface area contributed by atoms with Gasteiger partial charge in [0.25, 0.3) is 12.3 Å². The Labute approximate surface area is 187 Å². The summed E-state index contributed by atoms with van der Waals surface area (Å²) in [6.45, 7) is 0. The van der Waals surface area contributed by atoms with Crippen LogP contribution in [0.5, 0.6) is 0 Å². The second-order valence-electron chi connectivity index (χ2n) is 7.33. The van der Waals surface area contributed by atoms with Crippen molar-refractivity contribution < 1.29 is 13.6 Å². The summed E-state index contributed by atoms with van der Waals surface area (Å²) in [5.74, 6) is -0.464. The highest BCUT2D eigenvalue weighted by Crippen LogP contribution is 2.26. The van der Waals surface area contributed by atoms with Gasteiger partial charge in [0, 0.05) is 52.6 Å². The number of hydrogen-bond acceptors (Lipinski definition) is 4. The molecule has 0 saturated heterocycles. The molecule has 0 saturated carbocycles. The van der Waals surface area contributed by atoms with Gasteiger partial charge in [-0.2, -0.15) is 5.10 Å². The maximum absolute atomic E-state index is 13.0. The molecule has 5 rings (SSSR count). The van der Waals surface area contributed by atoms with Crippen LogP contribution in [-0.4, -0.2) is 25.5 Å². The lowest BCUT2D eigenvalue weighted by Gasteiger charge is -2.09. The molecule has 1 amide bonds. The summed E-state index contributed by atoms with van der Waals surface area (Å²) < 4.78 is 27.7. The lowest BCUT2D eigenvalue weighted by Crippen LogP contribution is -2.12. The van der Waals surface area contributed by atoms with E-state index in [1.54, 1.807) is 41.3 Å². The van der Waals surface area contributed by atoms with Crippen LogP contribution in [0.15, 0.2) is 91.4 Å². The SMILES string of the molecule is O=C(Nc1cccc(-c2ccnc3cc(-c4ccncc4)nn23)c1)c1cccc(C(F)F)c1. The first-order valence-electron chi connectivity index (χ1n) is 10.1. The molecular weight excluding hydrogens is 424 g/mol. The van der Waals surface area contributed by atoms with Crippen LogP contribution in [0.25, 0.3) is 28.2 Å². The maximum atomic E-state index is 13.0. The van der Waals surface area contributed by atoms with Gasteiger partial charge in [-0.1, -0.05) is 24.3 Å². The molecule has 0 spiro atoms. The van der Waals surface area contributed by atoms with Crippen molar-refractivity contribution in [3.8, 4) is 22.5 Å². The Morgan fingerprint density at radius 3 is 2.52 bits per heavy atom. The van der Waals surface area contributed by atoms with E-state index in [1.807, 2.05) is 30.3 Å². The Balaban J connectivity index is 1.46. The van der Waals surface area contributed by atoms with E-state index < -0.39 is 12.3 Å². The number of nitrogens with one attached hydrogen (secondary N) is 1. The molecule has 0 unspecified atom stereocenters. The average Bonchev–Trinajstić information content (AvgIpc) is 3.29. The van der Waals surface area contributed by atoms with Crippen LogP contribution >= 0.6 is 0 Å². The van der Waals surface area contributed by atoms with Crippen LogP contribution in [0, 0.1) is 0 Å². The Bertz CT molecular complexity index is 1450. The number of halogens is 2. The van der Waals surface area contributed by atoms with Gasteiger partial charge >= 0.3 is 0 Å². The van der Waals surface area contributed by atoms with Gasteiger partial charge in [0.15, 0.2) is 5.65 Å². The molecule has 0 fully saturated rings. The van der Waals surface area contributed by atoms with Gasteiger partial charge in [0.05, 0.1) is 11.4 Å². The van der Waals surface area contributed by atoms with Gasteiger partial charge in [-0.25, -0.2) is 18.3 Å². The molecule has 8 heteroatoms. The van der Waals surface area contributed by atoms with Crippen molar-refractivity contribution >= 4 is 17.2 Å². The van der Waals surface area contributed by atoms with Crippen molar-refractivity contribution in [2.24, 2.45) is 0 Å². The van der Waals surface area contributed by atoms with Crippen LogP contribution in [-0.2, 0) is 0 Å². The van der Waals surface area contributed by atoms with Crippen molar-refractivity contribution in [3.05, 3.63) is 103 Å². The number of alkyl halides is 2. The first kappa shape index (κ1) is 20.4. The van der Waals surface area contributed by atoms with E-state index in [0.29, 0.717) is 11.3 Å². The van der Waals surface area contributed by atoms with Crippen molar-refractivity contribution in [2.75, 3.05) is 5.32 Å². The molecule has 162 valence electrons. The number of rotatable bonds is 5. The molecule has 0 atom stereocenters. The Hall–Kier alpha value is -4.46. The number of hydrogen-bond donors (Lipinski definition) is 1. The third-order valence-corrected chi connectivity index (χ3v) is 5.15. The van der Waals surface area contributed by atoms with Gasteiger partial charge in [-0.15, -0.1) is 0 Å². The predicted octanol–water partition coefficient (Wildman–Crippen LogP) is 5.65. The highest BCUT2D eigenvalue weighted by atomic mass is 19.3. The van der Waals surface area contributed by atoms with Crippen molar-refractivity contribution in [2.45, 2.75) is 6.43 Å². The molecular formula is C25H17F2N5O. The number of amides is 1. The molecule has 1 N–H and O–H groups in total. The van der Waals surface area contributed by atoms with Crippen LogP contribution in [0.3, 0.4) is 0 Å². The van der Waals surface area contributed by atoms with E-state index in [2.05, 4.69) is 15.3 Å². The summed E-state index contributed by atoms with van der Waals surface area (Å²) in [4.78, 5) is 21.1. The second kappa shape index (κ2) is 8.58. The molecule has 3 heterocycles. The molecule has 3 aromatic heterocycles. The Morgan fingerprint density at radius 1 is 0.879 bits per heavy atom.